The van der Waals surface area contributed by atoms with Crippen molar-refractivity contribution in [2.45, 2.75) is 127 Å². The van der Waals surface area contributed by atoms with Crippen molar-refractivity contribution in [2.24, 2.45) is 45.5 Å². The highest BCUT2D eigenvalue weighted by atomic mass is 16.3. The summed E-state index contributed by atoms with van der Waals surface area (Å²) in [6.45, 7) is 6.83. The average Bonchev–Trinajstić information content (AvgIpc) is 4.06. The van der Waals surface area contributed by atoms with Gasteiger partial charge in [-0.3, -0.25) is 48.1 Å². The smallest absolute Gasteiger partial charge is 0.246 e. The van der Waals surface area contributed by atoms with E-state index >= 15 is 0 Å². The molecule has 0 bridgehead atoms. The van der Waals surface area contributed by atoms with E-state index in [9.17, 15) is 48.3 Å². The van der Waals surface area contributed by atoms with Crippen LogP contribution in [0.5, 0.6) is 5.75 Å². The fourth-order valence-corrected chi connectivity index (χ4v) is 8.20. The van der Waals surface area contributed by atoms with Crippen molar-refractivity contribution in [1.29, 1.82) is 0 Å². The van der Waals surface area contributed by atoms with E-state index in [1.165, 1.54) is 41.7 Å². The fraction of sp³-hybridized carbons (Fsp3) is 0.490. The maximum absolute atomic E-state index is 14.5. The number of primary amides is 2. The summed E-state index contributed by atoms with van der Waals surface area (Å²) in [5, 5.41) is 26.1. The number of nitrogens with two attached hydrogens (primary N) is 5. The number of nitrogens with one attached hydrogen (secondary N) is 7. The molecule has 2 aromatic carbocycles. The Morgan fingerprint density at radius 3 is 1.82 bits per heavy atom. The first-order valence-corrected chi connectivity index (χ1v) is 24.3. The van der Waals surface area contributed by atoms with E-state index in [-0.39, 0.29) is 63.3 Å². The molecule has 1 aromatic heterocycles. The summed E-state index contributed by atoms with van der Waals surface area (Å²) in [4.78, 5) is 134. The number of aromatic nitrogens is 2. The summed E-state index contributed by atoms with van der Waals surface area (Å²) >= 11 is 0. The number of hydrogen-bond donors (Lipinski definition) is 13. The van der Waals surface area contributed by atoms with Gasteiger partial charge in [0.1, 0.15) is 48.0 Å². The Morgan fingerprint density at radius 1 is 0.703 bits per heavy atom. The number of nitrogens with zero attached hydrogens (tertiary/aromatic N) is 3. The number of benzene rings is 2. The normalized spacial score (nSPS) is 16.0. The summed E-state index contributed by atoms with van der Waals surface area (Å²) < 4.78 is 0. The van der Waals surface area contributed by atoms with Crippen LogP contribution in [0.3, 0.4) is 0 Å². The zero-order chi connectivity index (χ0) is 54.6. The molecule has 9 amide bonds. The Bertz CT molecular complexity index is 2430. The van der Waals surface area contributed by atoms with Crippen LogP contribution in [0.15, 0.2) is 72.1 Å². The maximum atomic E-state index is 14.5. The molecule has 4 rings (SSSR count). The van der Waals surface area contributed by atoms with Gasteiger partial charge in [-0.2, -0.15) is 0 Å². The number of carbonyl (C=O) groups excluding carboxylic acids is 9. The summed E-state index contributed by atoms with van der Waals surface area (Å²) in [5.74, 6) is -8.36. The van der Waals surface area contributed by atoms with Gasteiger partial charge in [0.2, 0.25) is 53.2 Å². The van der Waals surface area contributed by atoms with Gasteiger partial charge in [-0.15, -0.1) is 0 Å². The first kappa shape index (κ1) is 58.5. The fourth-order valence-electron chi connectivity index (χ4n) is 8.20. The minimum absolute atomic E-state index is 0.0243. The van der Waals surface area contributed by atoms with E-state index in [4.69, 9.17) is 28.7 Å². The Kier molecular flexibility index (Phi) is 22.3. The van der Waals surface area contributed by atoms with E-state index in [0.29, 0.717) is 17.7 Å². The Hall–Kier alpha value is -8.09. The lowest BCUT2D eigenvalue weighted by atomic mass is 9.98. The van der Waals surface area contributed by atoms with Crippen LogP contribution in [0.1, 0.15) is 76.6 Å². The first-order valence-electron chi connectivity index (χ1n) is 24.3. The third kappa shape index (κ3) is 18.2. The van der Waals surface area contributed by atoms with E-state index < -0.39 is 120 Å². The van der Waals surface area contributed by atoms with Gasteiger partial charge in [0.25, 0.3) is 0 Å². The molecule has 0 unspecified atom stereocenters. The summed E-state index contributed by atoms with van der Waals surface area (Å²) in [5.41, 5.74) is 29.3. The molecule has 0 saturated carbocycles. The van der Waals surface area contributed by atoms with Gasteiger partial charge in [-0.05, 0) is 60.8 Å². The van der Waals surface area contributed by atoms with Crippen molar-refractivity contribution in [1.82, 2.24) is 46.8 Å². The van der Waals surface area contributed by atoms with Crippen molar-refractivity contribution in [3.8, 4) is 5.75 Å². The molecule has 0 radical (unpaired) electrons. The predicted octanol–water partition coefficient (Wildman–Crippen LogP) is -2.90. The van der Waals surface area contributed by atoms with E-state index in [1.807, 2.05) is 6.07 Å². The Labute approximate surface area is 428 Å². The van der Waals surface area contributed by atoms with E-state index in [2.05, 4.69) is 46.9 Å². The number of imidazole rings is 1. The van der Waals surface area contributed by atoms with Crippen LogP contribution in [0, 0.1) is 11.8 Å². The minimum Gasteiger partial charge on any atom is -0.508 e. The van der Waals surface area contributed by atoms with Gasteiger partial charge in [-0.25, -0.2) is 4.98 Å². The second-order valence-corrected chi connectivity index (χ2v) is 18.9. The number of phenolic OH excluding ortho intramolecular Hbond substituents is 1. The second kappa shape index (κ2) is 28.2. The molecule has 25 heteroatoms. The van der Waals surface area contributed by atoms with Crippen molar-refractivity contribution >= 4 is 59.1 Å². The molecule has 18 N–H and O–H groups in total. The van der Waals surface area contributed by atoms with Crippen LogP contribution >= 0.6 is 0 Å². The predicted molar refractivity (Wildman–Crippen MR) is 271 cm³/mol. The van der Waals surface area contributed by atoms with Crippen LogP contribution < -0.4 is 60.6 Å². The van der Waals surface area contributed by atoms with Crippen LogP contribution in [-0.2, 0) is 62.4 Å². The topological polar surface area (TPSA) is 420 Å². The number of aromatic amines is 1. The van der Waals surface area contributed by atoms with Crippen molar-refractivity contribution in [2.75, 3.05) is 13.1 Å². The maximum Gasteiger partial charge on any atom is 0.246 e. The Balaban J connectivity index is 1.57. The Morgan fingerprint density at radius 2 is 1.27 bits per heavy atom. The number of rotatable bonds is 28. The van der Waals surface area contributed by atoms with Gasteiger partial charge in [0.05, 0.1) is 18.8 Å². The molecular formula is C49H71N15O10. The molecule has 1 saturated heterocycles. The van der Waals surface area contributed by atoms with Crippen molar-refractivity contribution in [3.63, 3.8) is 0 Å². The van der Waals surface area contributed by atoms with Gasteiger partial charge in [0, 0.05) is 44.2 Å². The third-order valence-corrected chi connectivity index (χ3v) is 12.2. The number of aromatic hydroxyl groups is 1. The molecular weight excluding hydrogens is 959 g/mol. The zero-order valence-electron chi connectivity index (χ0n) is 42.0. The summed E-state index contributed by atoms with van der Waals surface area (Å²) in [6, 6.07) is 4.76. The molecule has 1 aliphatic rings. The second-order valence-electron chi connectivity index (χ2n) is 18.9. The molecule has 0 aliphatic carbocycles. The van der Waals surface area contributed by atoms with Gasteiger partial charge < -0.3 is 75.6 Å². The number of aliphatic imine (C=N–C) groups is 1. The van der Waals surface area contributed by atoms with Crippen LogP contribution in [0.4, 0.5) is 0 Å². The number of guanidine groups is 1. The lowest BCUT2D eigenvalue weighted by Gasteiger charge is -2.31. The van der Waals surface area contributed by atoms with Crippen LogP contribution in [0.25, 0.3) is 0 Å². The van der Waals surface area contributed by atoms with Crippen molar-refractivity contribution < 1.29 is 48.3 Å². The number of H-pyrrole nitrogens is 1. The standard InChI is InChI=1S/C49H71N15O10/c1-26(2)39(62-43(69)33(12-8-18-56-49(53)54)58-42(68)32(50)23-38(51)66)46(72)60-35(21-29-14-16-31(65)17-15-29)44(70)63-40(27(3)4)47(73)61-36(22-30-24-55-25-57-30)48(74)64-19-9-13-37(64)45(71)59-34(41(52)67)20-28-10-6-5-7-11-28/h5-7,10-11,14-17,24-27,32-37,39-40,65H,8-9,12-13,18-23,50H2,1-4H3,(H2,51,66)(H2,52,67)(H,55,57)(H,58,68)(H,59,71)(H,60,72)(H,61,73)(H,62,69)(H,63,70)(H4,53,54,56)/t32-,33-,34-,35-,36-,37-,39-,40-/m0/s1. The molecule has 0 spiro atoms. The number of likely N-dealkylation sites (tertiary alicyclic amines) is 1. The lowest BCUT2D eigenvalue weighted by Crippen LogP contribution is -2.62. The largest absolute Gasteiger partial charge is 0.508 e. The molecule has 1 aliphatic heterocycles. The molecule has 1 fully saturated rings. The van der Waals surface area contributed by atoms with Crippen LogP contribution in [-0.4, -0.2) is 141 Å². The zero-order valence-corrected chi connectivity index (χ0v) is 42.0. The number of hydrogen-bond acceptors (Lipinski definition) is 13. The van der Waals surface area contributed by atoms with E-state index in [1.54, 1.807) is 52.0 Å². The summed E-state index contributed by atoms with van der Waals surface area (Å²) in [7, 11) is 0. The monoisotopic (exact) mass is 1030 g/mol. The highest BCUT2D eigenvalue weighted by Gasteiger charge is 2.41. The highest BCUT2D eigenvalue weighted by Crippen LogP contribution is 2.21. The SMILES string of the molecule is CC(C)[C@H](NC(=O)[C@H](CCCN=C(N)N)NC(=O)[C@@H](N)CC(N)=O)C(=O)N[C@@H](Cc1ccc(O)cc1)C(=O)N[C@H](C(=O)N[C@@H](Cc1cnc[nH]1)C(=O)N1CCC[C@H]1C(=O)N[C@@H](Cc1ccccc1)C(N)=O)C(C)C. The average molecular weight is 1030 g/mol. The molecule has 25 nitrogen and oxygen atoms in total. The highest BCUT2D eigenvalue weighted by molar-refractivity contribution is 5.98. The van der Waals surface area contributed by atoms with Crippen molar-refractivity contribution in [3.05, 3.63) is 83.9 Å². The number of amides is 9. The lowest BCUT2D eigenvalue weighted by molar-refractivity contribution is -0.142. The molecule has 3 aromatic rings. The van der Waals surface area contributed by atoms with Gasteiger partial charge in [0.15, 0.2) is 5.96 Å². The molecule has 2 heterocycles. The molecule has 74 heavy (non-hydrogen) atoms. The number of carbonyl (C=O) groups is 9. The van der Waals surface area contributed by atoms with Gasteiger partial charge in [-0.1, -0.05) is 70.2 Å². The minimum atomic E-state index is -1.40. The van der Waals surface area contributed by atoms with Crippen LogP contribution in [0.2, 0.25) is 0 Å². The number of phenols is 1. The molecule has 402 valence electrons. The quantitative estimate of drug-likeness (QED) is 0.0197. The first-order chi connectivity index (χ1) is 35.0. The van der Waals surface area contributed by atoms with Gasteiger partial charge >= 0.3 is 0 Å². The molecule has 8 atom stereocenters. The third-order valence-electron chi connectivity index (χ3n) is 12.2. The summed E-state index contributed by atoms with van der Waals surface area (Å²) in [6.07, 6.45) is 3.13. The van der Waals surface area contributed by atoms with E-state index in [0.717, 1.165) is 5.56 Å².